The highest BCUT2D eigenvalue weighted by molar-refractivity contribution is 5.83. The molecule has 0 radical (unpaired) electrons. The van der Waals surface area contributed by atoms with E-state index in [1.54, 1.807) is 12.3 Å². The molecule has 3 rings (SSSR count). The van der Waals surface area contributed by atoms with Gasteiger partial charge in [0.1, 0.15) is 11.5 Å². The molecule has 0 spiro atoms. The van der Waals surface area contributed by atoms with Crippen molar-refractivity contribution in [3.8, 4) is 33.9 Å². The highest BCUT2D eigenvalue weighted by atomic mass is 16.5. The lowest BCUT2D eigenvalue weighted by Crippen LogP contribution is -2.04. The van der Waals surface area contributed by atoms with Crippen LogP contribution in [0.1, 0.15) is 13.8 Å². The second kappa shape index (κ2) is 6.57. The lowest BCUT2D eigenvalue weighted by Gasteiger charge is -2.11. The van der Waals surface area contributed by atoms with Crippen LogP contribution in [0.4, 0.5) is 0 Å². The van der Waals surface area contributed by atoms with Gasteiger partial charge < -0.3 is 9.84 Å². The van der Waals surface area contributed by atoms with Crippen molar-refractivity contribution in [3.05, 3.63) is 54.7 Å². The van der Waals surface area contributed by atoms with Crippen molar-refractivity contribution in [1.82, 2.24) is 10.2 Å². The minimum Gasteiger partial charge on any atom is -0.507 e. The van der Waals surface area contributed by atoms with Crippen molar-refractivity contribution >= 4 is 0 Å². The van der Waals surface area contributed by atoms with Crippen molar-refractivity contribution < 1.29 is 9.84 Å². The number of phenolic OH excluding ortho intramolecular Hbond substituents is 1. The molecule has 0 aliphatic heterocycles. The number of rotatable bonds is 5. The number of hydrogen-bond acceptors (Lipinski definition) is 3. The molecule has 0 saturated carbocycles. The fraction of sp³-hybridized carbons (Fsp3) is 0.211. The van der Waals surface area contributed by atoms with Gasteiger partial charge in [0.2, 0.25) is 0 Å². The van der Waals surface area contributed by atoms with E-state index in [0.29, 0.717) is 23.8 Å². The zero-order valence-electron chi connectivity index (χ0n) is 13.3. The minimum atomic E-state index is 0.174. The highest BCUT2D eigenvalue weighted by Crippen LogP contribution is 2.36. The number of ether oxygens (including phenoxy) is 1. The normalized spacial score (nSPS) is 10.9. The predicted molar refractivity (Wildman–Crippen MR) is 91.5 cm³/mol. The van der Waals surface area contributed by atoms with Gasteiger partial charge in [0.25, 0.3) is 0 Å². The van der Waals surface area contributed by atoms with Gasteiger partial charge in [-0.15, -0.1) is 0 Å². The fourth-order valence-electron chi connectivity index (χ4n) is 2.40. The number of benzene rings is 2. The molecular formula is C19H20N2O2. The first-order valence-electron chi connectivity index (χ1n) is 7.70. The van der Waals surface area contributed by atoms with Crippen LogP contribution in [0, 0.1) is 5.92 Å². The Kier molecular flexibility index (Phi) is 4.33. The molecule has 0 fully saturated rings. The summed E-state index contributed by atoms with van der Waals surface area (Å²) in [7, 11) is 0. The van der Waals surface area contributed by atoms with Gasteiger partial charge in [-0.3, -0.25) is 5.10 Å². The molecule has 2 aromatic carbocycles. The van der Waals surface area contributed by atoms with Crippen LogP contribution in [-0.2, 0) is 0 Å². The van der Waals surface area contributed by atoms with Gasteiger partial charge in [0.05, 0.1) is 18.5 Å². The van der Waals surface area contributed by atoms with Crippen molar-refractivity contribution in [2.75, 3.05) is 6.61 Å². The lowest BCUT2D eigenvalue weighted by molar-refractivity contribution is 0.270. The second-order valence-corrected chi connectivity index (χ2v) is 5.91. The maximum absolute atomic E-state index is 10.4. The Morgan fingerprint density at radius 3 is 2.57 bits per heavy atom. The molecule has 1 heterocycles. The molecule has 4 heteroatoms. The second-order valence-electron chi connectivity index (χ2n) is 5.91. The number of aromatic nitrogens is 2. The van der Waals surface area contributed by atoms with Crippen LogP contribution >= 0.6 is 0 Å². The summed E-state index contributed by atoms with van der Waals surface area (Å²) >= 11 is 0. The number of aromatic amines is 1. The third-order valence-electron chi connectivity index (χ3n) is 3.55. The van der Waals surface area contributed by atoms with Crippen molar-refractivity contribution in [3.63, 3.8) is 0 Å². The van der Waals surface area contributed by atoms with Gasteiger partial charge in [-0.1, -0.05) is 44.2 Å². The first-order chi connectivity index (χ1) is 11.1. The third-order valence-corrected chi connectivity index (χ3v) is 3.55. The van der Waals surface area contributed by atoms with Crippen molar-refractivity contribution in [2.45, 2.75) is 13.8 Å². The van der Waals surface area contributed by atoms with Crippen LogP contribution < -0.4 is 4.74 Å². The molecule has 23 heavy (non-hydrogen) atoms. The van der Waals surface area contributed by atoms with Crippen LogP contribution in [0.2, 0.25) is 0 Å². The number of phenols is 1. The van der Waals surface area contributed by atoms with Crippen LogP contribution in [0.25, 0.3) is 22.4 Å². The molecule has 0 aliphatic carbocycles. The summed E-state index contributed by atoms with van der Waals surface area (Å²) < 4.78 is 5.65. The Morgan fingerprint density at radius 2 is 1.87 bits per heavy atom. The minimum absolute atomic E-state index is 0.174. The molecule has 0 atom stereocenters. The van der Waals surface area contributed by atoms with E-state index < -0.39 is 0 Å². The zero-order chi connectivity index (χ0) is 16.2. The summed E-state index contributed by atoms with van der Waals surface area (Å²) in [6.07, 6.45) is 1.77. The van der Waals surface area contributed by atoms with Crippen LogP contribution in [0.3, 0.4) is 0 Å². The van der Waals surface area contributed by atoms with E-state index in [-0.39, 0.29) is 5.75 Å². The number of H-pyrrole nitrogens is 1. The van der Waals surface area contributed by atoms with E-state index in [1.165, 1.54) is 0 Å². The quantitative estimate of drug-likeness (QED) is 0.730. The molecule has 0 unspecified atom stereocenters. The Balaban J connectivity index is 1.93. The van der Waals surface area contributed by atoms with E-state index in [1.807, 2.05) is 42.5 Å². The summed E-state index contributed by atoms with van der Waals surface area (Å²) in [4.78, 5) is 0. The molecule has 3 aromatic rings. The zero-order valence-corrected chi connectivity index (χ0v) is 13.3. The largest absolute Gasteiger partial charge is 0.507 e. The molecule has 0 aliphatic rings. The maximum atomic E-state index is 10.4. The topological polar surface area (TPSA) is 58.1 Å². The van der Waals surface area contributed by atoms with E-state index in [4.69, 9.17) is 4.74 Å². The SMILES string of the molecule is CC(C)COc1ccc(-c2[nH]ncc2-c2ccccc2)c(O)c1. The highest BCUT2D eigenvalue weighted by Gasteiger charge is 2.14. The van der Waals surface area contributed by atoms with E-state index in [2.05, 4.69) is 24.0 Å². The fourth-order valence-corrected chi connectivity index (χ4v) is 2.40. The van der Waals surface area contributed by atoms with Gasteiger partial charge in [0.15, 0.2) is 0 Å². The molecule has 118 valence electrons. The standard InChI is InChI=1S/C19H20N2O2/c1-13(2)12-23-15-8-9-16(18(22)10-15)19-17(11-20-21-19)14-6-4-3-5-7-14/h3-11,13,22H,12H2,1-2H3,(H,20,21). The van der Waals surface area contributed by atoms with Gasteiger partial charge >= 0.3 is 0 Å². The third kappa shape index (κ3) is 3.37. The average Bonchev–Trinajstić information content (AvgIpc) is 3.03. The van der Waals surface area contributed by atoms with Crippen molar-refractivity contribution in [1.29, 1.82) is 0 Å². The summed E-state index contributed by atoms with van der Waals surface area (Å²) in [6.45, 7) is 4.80. The Hall–Kier alpha value is -2.75. The first-order valence-corrected chi connectivity index (χ1v) is 7.70. The molecular weight excluding hydrogens is 288 g/mol. The summed E-state index contributed by atoms with van der Waals surface area (Å²) in [5.41, 5.74) is 3.51. The van der Waals surface area contributed by atoms with Gasteiger partial charge in [0, 0.05) is 17.2 Å². The number of aromatic hydroxyl groups is 1. The van der Waals surface area contributed by atoms with Crippen LogP contribution in [-0.4, -0.2) is 21.9 Å². The molecule has 0 bridgehead atoms. The molecule has 0 amide bonds. The van der Waals surface area contributed by atoms with E-state index >= 15 is 0 Å². The number of hydrogen-bond donors (Lipinski definition) is 2. The van der Waals surface area contributed by atoms with E-state index in [0.717, 1.165) is 16.8 Å². The summed E-state index contributed by atoms with van der Waals surface area (Å²) in [5, 5.41) is 17.5. The van der Waals surface area contributed by atoms with Gasteiger partial charge in [-0.05, 0) is 23.6 Å². The summed E-state index contributed by atoms with van der Waals surface area (Å²) in [6, 6.07) is 15.3. The Labute approximate surface area is 135 Å². The Morgan fingerprint density at radius 1 is 1.09 bits per heavy atom. The van der Waals surface area contributed by atoms with Crippen LogP contribution in [0.15, 0.2) is 54.7 Å². The predicted octanol–water partition coefficient (Wildman–Crippen LogP) is 4.48. The monoisotopic (exact) mass is 308 g/mol. The smallest absolute Gasteiger partial charge is 0.128 e. The number of nitrogens with zero attached hydrogens (tertiary/aromatic N) is 1. The molecule has 1 aromatic heterocycles. The molecule has 2 N–H and O–H groups in total. The molecule has 4 nitrogen and oxygen atoms in total. The van der Waals surface area contributed by atoms with E-state index in [9.17, 15) is 5.11 Å². The lowest BCUT2D eigenvalue weighted by atomic mass is 10.0. The molecule has 0 saturated heterocycles. The maximum Gasteiger partial charge on any atom is 0.128 e. The summed E-state index contributed by atoms with van der Waals surface area (Å²) in [5.74, 6) is 1.28. The average molecular weight is 308 g/mol. The number of nitrogens with one attached hydrogen (secondary N) is 1. The van der Waals surface area contributed by atoms with Gasteiger partial charge in [-0.2, -0.15) is 5.10 Å². The van der Waals surface area contributed by atoms with Gasteiger partial charge in [-0.25, -0.2) is 0 Å². The van der Waals surface area contributed by atoms with Crippen LogP contribution in [0.5, 0.6) is 11.5 Å². The van der Waals surface area contributed by atoms with Crippen molar-refractivity contribution in [2.24, 2.45) is 5.92 Å². The Bertz CT molecular complexity index is 779. The first kappa shape index (κ1) is 15.2.